The SMILES string of the molecule is CC(C)(C)[Si](C)(C)O[C@@H]1C=CC(n2c3ccccc3c3c4c(c5c6ccccc6[nH]c5c32)C(=O)NC4=O)C1. The summed E-state index contributed by atoms with van der Waals surface area (Å²) in [5.41, 5.74) is 4.80. The highest BCUT2D eigenvalue weighted by molar-refractivity contribution is 6.74. The van der Waals surface area contributed by atoms with Crippen molar-refractivity contribution in [2.75, 3.05) is 0 Å². The summed E-state index contributed by atoms with van der Waals surface area (Å²) in [6.07, 6.45) is 5.31. The van der Waals surface area contributed by atoms with Crippen LogP contribution in [-0.4, -0.2) is 35.8 Å². The lowest BCUT2D eigenvalue weighted by Crippen LogP contribution is -2.43. The van der Waals surface area contributed by atoms with Crippen LogP contribution in [-0.2, 0) is 4.43 Å². The van der Waals surface area contributed by atoms with Gasteiger partial charge < -0.3 is 14.0 Å². The van der Waals surface area contributed by atoms with Gasteiger partial charge in [-0.3, -0.25) is 14.9 Å². The van der Waals surface area contributed by atoms with Crippen molar-refractivity contribution in [3.8, 4) is 0 Å². The summed E-state index contributed by atoms with van der Waals surface area (Å²) >= 11 is 0. The second-order valence-electron chi connectivity index (χ2n) is 12.2. The monoisotopic (exact) mass is 521 g/mol. The molecule has 192 valence electrons. The van der Waals surface area contributed by atoms with Gasteiger partial charge in [0, 0.05) is 39.0 Å². The summed E-state index contributed by atoms with van der Waals surface area (Å²) in [6, 6.07) is 16.2. The number of hydrogen-bond donors (Lipinski definition) is 2. The van der Waals surface area contributed by atoms with Crippen molar-refractivity contribution in [3.63, 3.8) is 0 Å². The number of imide groups is 1. The van der Waals surface area contributed by atoms with Crippen LogP contribution in [0.15, 0.2) is 60.7 Å². The van der Waals surface area contributed by atoms with E-state index in [1.807, 2.05) is 36.4 Å². The van der Waals surface area contributed by atoms with Crippen molar-refractivity contribution < 1.29 is 14.0 Å². The fourth-order valence-corrected chi connectivity index (χ4v) is 7.38. The molecule has 1 unspecified atom stereocenters. The Hall–Kier alpha value is -3.68. The van der Waals surface area contributed by atoms with E-state index in [1.165, 1.54) is 0 Å². The molecule has 2 amide bonds. The van der Waals surface area contributed by atoms with Gasteiger partial charge in [-0.1, -0.05) is 69.3 Å². The third-order valence-electron chi connectivity index (χ3n) is 8.89. The van der Waals surface area contributed by atoms with Crippen LogP contribution < -0.4 is 5.32 Å². The van der Waals surface area contributed by atoms with Gasteiger partial charge in [0.2, 0.25) is 0 Å². The van der Waals surface area contributed by atoms with Crippen molar-refractivity contribution in [2.24, 2.45) is 0 Å². The Morgan fingerprint density at radius 1 is 0.895 bits per heavy atom. The molecule has 3 aromatic carbocycles. The number of allylic oxidation sites excluding steroid dienone is 1. The highest BCUT2D eigenvalue weighted by atomic mass is 28.4. The van der Waals surface area contributed by atoms with Crippen LogP contribution in [0.2, 0.25) is 18.1 Å². The van der Waals surface area contributed by atoms with Crippen molar-refractivity contribution in [1.82, 2.24) is 14.9 Å². The van der Waals surface area contributed by atoms with E-state index in [9.17, 15) is 9.59 Å². The van der Waals surface area contributed by atoms with Gasteiger partial charge in [0.25, 0.3) is 11.8 Å². The zero-order valence-electron chi connectivity index (χ0n) is 22.3. The van der Waals surface area contributed by atoms with Crippen molar-refractivity contribution in [1.29, 1.82) is 0 Å². The molecule has 7 heteroatoms. The van der Waals surface area contributed by atoms with Crippen LogP contribution in [0.1, 0.15) is 53.9 Å². The van der Waals surface area contributed by atoms with E-state index in [4.69, 9.17) is 4.43 Å². The number of para-hydroxylation sites is 2. The number of aromatic nitrogens is 2. The number of aromatic amines is 1. The molecule has 0 saturated carbocycles. The molecule has 7 rings (SSSR count). The van der Waals surface area contributed by atoms with Gasteiger partial charge in [-0.25, -0.2) is 0 Å². The maximum absolute atomic E-state index is 13.3. The maximum atomic E-state index is 13.3. The van der Waals surface area contributed by atoms with Crippen molar-refractivity contribution in [3.05, 3.63) is 71.8 Å². The van der Waals surface area contributed by atoms with Gasteiger partial charge in [-0.05, 0) is 30.3 Å². The molecule has 2 atom stereocenters. The van der Waals surface area contributed by atoms with Crippen LogP contribution in [0.3, 0.4) is 0 Å². The molecule has 2 aromatic heterocycles. The number of carbonyl (C=O) groups is 2. The van der Waals surface area contributed by atoms with E-state index in [0.29, 0.717) is 11.1 Å². The number of carbonyl (C=O) groups excluding carboxylic acids is 2. The van der Waals surface area contributed by atoms with Crippen LogP contribution in [0.4, 0.5) is 0 Å². The third kappa shape index (κ3) is 3.09. The Balaban J connectivity index is 1.52. The average Bonchev–Trinajstić information content (AvgIpc) is 3.60. The Morgan fingerprint density at radius 2 is 1.55 bits per heavy atom. The second kappa shape index (κ2) is 7.68. The Morgan fingerprint density at radius 3 is 2.29 bits per heavy atom. The van der Waals surface area contributed by atoms with Crippen LogP contribution >= 0.6 is 0 Å². The molecule has 1 aliphatic carbocycles. The molecule has 2 aliphatic rings. The molecule has 3 heterocycles. The molecule has 0 spiro atoms. The average molecular weight is 522 g/mol. The van der Waals surface area contributed by atoms with E-state index in [1.54, 1.807) is 0 Å². The molecular formula is C31H31N3O3Si. The lowest BCUT2D eigenvalue weighted by molar-refractivity contribution is 0.0880. The van der Waals surface area contributed by atoms with Gasteiger partial charge in [0.05, 0.1) is 34.3 Å². The number of hydrogen-bond acceptors (Lipinski definition) is 3. The minimum Gasteiger partial charge on any atom is -0.410 e. The van der Waals surface area contributed by atoms with Gasteiger partial charge >= 0.3 is 0 Å². The fraction of sp³-hybridized carbons (Fsp3) is 0.290. The molecule has 0 fully saturated rings. The zero-order valence-corrected chi connectivity index (χ0v) is 23.3. The highest BCUT2D eigenvalue weighted by Crippen LogP contribution is 2.46. The lowest BCUT2D eigenvalue weighted by atomic mass is 9.96. The van der Waals surface area contributed by atoms with Crippen molar-refractivity contribution in [2.45, 2.75) is 57.5 Å². The molecule has 2 N–H and O–H groups in total. The highest BCUT2D eigenvalue weighted by Gasteiger charge is 2.41. The standard InChI is InChI=1S/C31H31N3O3Si/c1-31(2,3)38(4,5)37-18-15-14-17(16-18)34-22-13-9-7-11-20(22)24-26-25(29(35)33-30(26)36)23-19-10-6-8-12-21(19)32-27(23)28(24)34/h6-15,17-18,32H,16H2,1-5H3,(H,33,35,36)/t17?,18-/m1/s1. The number of fused-ring (bicyclic) bond motifs is 10. The Bertz CT molecular complexity index is 1870. The van der Waals surface area contributed by atoms with E-state index >= 15 is 0 Å². The maximum Gasteiger partial charge on any atom is 0.259 e. The first-order chi connectivity index (χ1) is 18.1. The largest absolute Gasteiger partial charge is 0.410 e. The van der Waals surface area contributed by atoms with E-state index in [0.717, 1.165) is 50.0 Å². The van der Waals surface area contributed by atoms with Crippen molar-refractivity contribution >= 4 is 63.7 Å². The number of amides is 2. The summed E-state index contributed by atoms with van der Waals surface area (Å²) in [5.74, 6) is -0.659. The molecule has 1 aliphatic heterocycles. The third-order valence-corrected chi connectivity index (χ3v) is 13.4. The molecule has 0 saturated heterocycles. The normalized spacial score (nSPS) is 19.9. The van der Waals surface area contributed by atoms with Gasteiger partial charge in [0.1, 0.15) is 0 Å². The summed E-state index contributed by atoms with van der Waals surface area (Å²) in [7, 11) is -1.95. The summed E-state index contributed by atoms with van der Waals surface area (Å²) in [5, 5.41) is 6.28. The molecule has 38 heavy (non-hydrogen) atoms. The second-order valence-corrected chi connectivity index (χ2v) is 16.9. The number of nitrogens with one attached hydrogen (secondary N) is 2. The number of rotatable bonds is 3. The predicted molar refractivity (Wildman–Crippen MR) is 155 cm³/mol. The summed E-state index contributed by atoms with van der Waals surface area (Å²) in [4.78, 5) is 30.1. The molecule has 0 bridgehead atoms. The molecular weight excluding hydrogens is 490 g/mol. The van der Waals surface area contributed by atoms with Gasteiger partial charge in [0.15, 0.2) is 8.32 Å². The molecule has 0 radical (unpaired) electrons. The smallest absolute Gasteiger partial charge is 0.259 e. The fourth-order valence-electron chi connectivity index (χ4n) is 6.10. The first-order valence-corrected chi connectivity index (χ1v) is 16.2. The van der Waals surface area contributed by atoms with E-state index < -0.39 is 8.32 Å². The number of H-pyrrole nitrogens is 1. The summed E-state index contributed by atoms with van der Waals surface area (Å²) in [6.45, 7) is 11.4. The predicted octanol–water partition coefficient (Wildman–Crippen LogP) is 7.20. The van der Waals surface area contributed by atoms with E-state index in [-0.39, 0.29) is 29.0 Å². The van der Waals surface area contributed by atoms with Gasteiger partial charge in [-0.15, -0.1) is 0 Å². The molecule has 6 nitrogen and oxygen atoms in total. The van der Waals surface area contributed by atoms with Crippen LogP contribution in [0.25, 0.3) is 43.6 Å². The zero-order chi connectivity index (χ0) is 26.6. The Labute approximate surface area is 221 Å². The topological polar surface area (TPSA) is 76.1 Å². The first-order valence-electron chi connectivity index (χ1n) is 13.3. The minimum absolute atomic E-state index is 0.0367. The van der Waals surface area contributed by atoms with Crippen LogP contribution in [0, 0.1) is 0 Å². The van der Waals surface area contributed by atoms with Crippen LogP contribution in [0.5, 0.6) is 0 Å². The van der Waals surface area contributed by atoms with E-state index in [2.05, 4.69) is 73.0 Å². The first kappa shape index (κ1) is 23.4. The number of nitrogens with zero attached hydrogens (tertiary/aromatic N) is 1. The minimum atomic E-state index is -1.95. The van der Waals surface area contributed by atoms with Gasteiger partial charge in [-0.2, -0.15) is 0 Å². The number of benzene rings is 3. The lowest BCUT2D eigenvalue weighted by Gasteiger charge is -2.38. The summed E-state index contributed by atoms with van der Waals surface area (Å²) < 4.78 is 9.13. The Kier molecular flexibility index (Phi) is 4.74. The quantitative estimate of drug-likeness (QED) is 0.150. The molecule has 5 aromatic rings.